The highest BCUT2D eigenvalue weighted by atomic mass is 16.5. The molecule has 0 saturated heterocycles. The molecule has 0 amide bonds. The maximum atomic E-state index is 11.6. The first kappa shape index (κ1) is 14.1. The first-order valence-corrected chi connectivity index (χ1v) is 7.05. The number of carbonyl (C=O) groups excluding carboxylic acids is 1. The van der Waals surface area contributed by atoms with Crippen LogP contribution in [0.1, 0.15) is 16.7 Å². The van der Waals surface area contributed by atoms with Crippen LogP contribution in [0, 0.1) is 0 Å². The summed E-state index contributed by atoms with van der Waals surface area (Å²) < 4.78 is 5.25. The maximum absolute atomic E-state index is 11.6. The third-order valence-corrected chi connectivity index (χ3v) is 3.73. The minimum absolute atomic E-state index is 0.118. The predicted molar refractivity (Wildman–Crippen MR) is 85.2 cm³/mol. The van der Waals surface area contributed by atoms with Crippen LogP contribution in [-0.2, 0) is 22.6 Å². The zero-order chi connectivity index (χ0) is 15.5. The normalized spacial score (nSPS) is 11.5. The summed E-state index contributed by atoms with van der Waals surface area (Å²) >= 11 is 0. The van der Waals surface area contributed by atoms with Crippen molar-refractivity contribution >= 4 is 11.9 Å². The van der Waals surface area contributed by atoms with Crippen LogP contribution in [0.4, 0.5) is 0 Å². The molecule has 0 fully saturated rings. The van der Waals surface area contributed by atoms with Gasteiger partial charge in [0.1, 0.15) is 13.2 Å². The molecule has 0 saturated carbocycles. The van der Waals surface area contributed by atoms with Gasteiger partial charge in [0.15, 0.2) is 5.96 Å². The SMILES string of the molecule is NC(N)=NCC(=O)OCc1cccc2c1Cc1ccccc1-2. The maximum Gasteiger partial charge on any atom is 0.328 e. The molecule has 0 atom stereocenters. The van der Waals surface area contributed by atoms with Gasteiger partial charge < -0.3 is 16.2 Å². The molecule has 0 bridgehead atoms. The summed E-state index contributed by atoms with van der Waals surface area (Å²) in [5.74, 6) is -0.561. The predicted octanol–water partition coefficient (Wildman–Crippen LogP) is 1.57. The average molecular weight is 295 g/mol. The molecule has 22 heavy (non-hydrogen) atoms. The fourth-order valence-corrected chi connectivity index (χ4v) is 2.72. The number of benzene rings is 2. The second-order valence-corrected chi connectivity index (χ2v) is 5.18. The zero-order valence-corrected chi connectivity index (χ0v) is 12.1. The van der Waals surface area contributed by atoms with Gasteiger partial charge in [-0.25, -0.2) is 4.99 Å². The highest BCUT2D eigenvalue weighted by Crippen LogP contribution is 2.38. The number of ether oxygens (including phenoxy) is 1. The van der Waals surface area contributed by atoms with E-state index >= 15 is 0 Å². The van der Waals surface area contributed by atoms with Gasteiger partial charge in [0.2, 0.25) is 0 Å². The first-order valence-electron chi connectivity index (χ1n) is 7.05. The number of carbonyl (C=O) groups is 1. The van der Waals surface area contributed by atoms with Crippen LogP contribution in [0.15, 0.2) is 47.5 Å². The average Bonchev–Trinajstić information content (AvgIpc) is 2.90. The number of hydrogen-bond acceptors (Lipinski definition) is 3. The van der Waals surface area contributed by atoms with Crippen LogP contribution in [-0.4, -0.2) is 18.5 Å². The van der Waals surface area contributed by atoms with E-state index in [2.05, 4.69) is 23.2 Å². The lowest BCUT2D eigenvalue weighted by molar-refractivity contribution is -0.143. The van der Waals surface area contributed by atoms with Crippen LogP contribution in [0.3, 0.4) is 0 Å². The van der Waals surface area contributed by atoms with Crippen LogP contribution < -0.4 is 11.5 Å². The molecule has 2 aromatic rings. The van der Waals surface area contributed by atoms with E-state index in [1.165, 1.54) is 22.3 Å². The molecule has 0 heterocycles. The standard InChI is InChI=1S/C17H17N3O2/c18-17(19)20-9-16(21)22-10-12-5-3-7-14-13-6-2-1-4-11(13)8-15(12)14/h1-7H,8-10H2,(H4,18,19,20). The van der Waals surface area contributed by atoms with E-state index in [0.717, 1.165) is 12.0 Å². The van der Waals surface area contributed by atoms with Crippen LogP contribution in [0.25, 0.3) is 11.1 Å². The van der Waals surface area contributed by atoms with Gasteiger partial charge in [-0.1, -0.05) is 42.5 Å². The second-order valence-electron chi connectivity index (χ2n) is 5.18. The lowest BCUT2D eigenvalue weighted by atomic mass is 10.0. The van der Waals surface area contributed by atoms with Crippen molar-refractivity contribution in [3.63, 3.8) is 0 Å². The Hall–Kier alpha value is -2.82. The number of aliphatic imine (C=N–C) groups is 1. The van der Waals surface area contributed by atoms with Gasteiger partial charge >= 0.3 is 5.97 Å². The van der Waals surface area contributed by atoms with Gasteiger partial charge in [0, 0.05) is 0 Å². The van der Waals surface area contributed by atoms with Crippen molar-refractivity contribution in [3.8, 4) is 11.1 Å². The minimum atomic E-state index is -0.443. The van der Waals surface area contributed by atoms with E-state index < -0.39 is 5.97 Å². The zero-order valence-electron chi connectivity index (χ0n) is 12.1. The van der Waals surface area contributed by atoms with Gasteiger partial charge in [0.05, 0.1) is 0 Å². The number of hydrogen-bond donors (Lipinski definition) is 2. The summed E-state index contributed by atoms with van der Waals surface area (Å²) in [7, 11) is 0. The minimum Gasteiger partial charge on any atom is -0.459 e. The van der Waals surface area contributed by atoms with Crippen molar-refractivity contribution in [2.75, 3.05) is 6.54 Å². The Bertz CT molecular complexity index is 749. The molecule has 0 unspecified atom stereocenters. The van der Waals surface area contributed by atoms with E-state index in [1.807, 2.05) is 24.3 Å². The Labute approximate surface area is 128 Å². The van der Waals surface area contributed by atoms with Gasteiger partial charge in [-0.15, -0.1) is 0 Å². The molecule has 0 radical (unpaired) electrons. The molecule has 5 heteroatoms. The number of nitrogens with two attached hydrogens (primary N) is 2. The van der Waals surface area contributed by atoms with Crippen molar-refractivity contribution < 1.29 is 9.53 Å². The van der Waals surface area contributed by atoms with Crippen LogP contribution in [0.2, 0.25) is 0 Å². The lowest BCUT2D eigenvalue weighted by Gasteiger charge is -2.09. The van der Waals surface area contributed by atoms with Crippen molar-refractivity contribution in [1.29, 1.82) is 0 Å². The summed E-state index contributed by atoms with van der Waals surface area (Å²) in [6.45, 7) is 0.0770. The molecular formula is C17H17N3O2. The molecule has 0 aliphatic heterocycles. The molecule has 5 nitrogen and oxygen atoms in total. The van der Waals surface area contributed by atoms with E-state index in [9.17, 15) is 4.79 Å². The van der Waals surface area contributed by atoms with Gasteiger partial charge in [0.25, 0.3) is 0 Å². The van der Waals surface area contributed by atoms with Crippen LogP contribution >= 0.6 is 0 Å². The highest BCUT2D eigenvalue weighted by molar-refractivity contribution is 5.80. The molecule has 112 valence electrons. The third-order valence-electron chi connectivity index (χ3n) is 3.73. The van der Waals surface area contributed by atoms with Crippen molar-refractivity contribution in [2.45, 2.75) is 13.0 Å². The van der Waals surface area contributed by atoms with Crippen molar-refractivity contribution in [2.24, 2.45) is 16.5 Å². The number of guanidine groups is 1. The topological polar surface area (TPSA) is 90.7 Å². The van der Waals surface area contributed by atoms with Gasteiger partial charge in [-0.3, -0.25) is 4.79 Å². The van der Waals surface area contributed by atoms with E-state index in [-0.39, 0.29) is 19.1 Å². The molecule has 0 spiro atoms. The number of esters is 1. The number of nitrogens with zero attached hydrogens (tertiary/aromatic N) is 1. The Morgan fingerprint density at radius 2 is 1.86 bits per heavy atom. The fraction of sp³-hybridized carbons (Fsp3) is 0.176. The Morgan fingerprint density at radius 1 is 1.09 bits per heavy atom. The Balaban J connectivity index is 1.75. The smallest absolute Gasteiger partial charge is 0.328 e. The first-order chi connectivity index (χ1) is 10.6. The summed E-state index contributed by atoms with van der Waals surface area (Å²) in [5.41, 5.74) is 16.4. The summed E-state index contributed by atoms with van der Waals surface area (Å²) in [6.07, 6.45) is 0.868. The molecular weight excluding hydrogens is 278 g/mol. The van der Waals surface area contributed by atoms with Gasteiger partial charge in [-0.2, -0.15) is 0 Å². The van der Waals surface area contributed by atoms with E-state index in [0.29, 0.717) is 0 Å². The second kappa shape index (κ2) is 5.89. The van der Waals surface area contributed by atoms with Crippen LogP contribution in [0.5, 0.6) is 0 Å². The lowest BCUT2D eigenvalue weighted by Crippen LogP contribution is -2.24. The third kappa shape index (κ3) is 2.79. The van der Waals surface area contributed by atoms with Crippen molar-refractivity contribution in [1.82, 2.24) is 0 Å². The largest absolute Gasteiger partial charge is 0.459 e. The summed E-state index contributed by atoms with van der Waals surface area (Å²) in [4.78, 5) is 15.2. The van der Waals surface area contributed by atoms with Crippen molar-refractivity contribution in [3.05, 3.63) is 59.2 Å². The summed E-state index contributed by atoms with van der Waals surface area (Å²) in [5, 5.41) is 0. The molecule has 2 aromatic carbocycles. The Morgan fingerprint density at radius 3 is 2.68 bits per heavy atom. The quantitative estimate of drug-likeness (QED) is 0.434. The monoisotopic (exact) mass is 295 g/mol. The number of rotatable bonds is 4. The van der Waals surface area contributed by atoms with Gasteiger partial charge in [-0.05, 0) is 34.2 Å². The van der Waals surface area contributed by atoms with E-state index in [1.54, 1.807) is 0 Å². The van der Waals surface area contributed by atoms with E-state index in [4.69, 9.17) is 16.2 Å². The molecule has 1 aliphatic carbocycles. The fourth-order valence-electron chi connectivity index (χ4n) is 2.72. The molecule has 0 aromatic heterocycles. The molecule has 4 N–H and O–H groups in total. The Kier molecular flexibility index (Phi) is 3.78. The highest BCUT2D eigenvalue weighted by Gasteiger charge is 2.20. The number of fused-ring (bicyclic) bond motifs is 3. The summed E-state index contributed by atoms with van der Waals surface area (Å²) in [6, 6.07) is 14.4. The molecule has 3 rings (SSSR count). The molecule has 1 aliphatic rings.